The van der Waals surface area contributed by atoms with Crippen LogP contribution in [0.15, 0.2) is 140 Å². The molecule has 6 heteroatoms. The summed E-state index contributed by atoms with van der Waals surface area (Å²) in [5.74, 6) is 2.35. The van der Waals surface area contributed by atoms with E-state index in [4.69, 9.17) is 9.72 Å². The van der Waals surface area contributed by atoms with E-state index in [2.05, 4.69) is 122 Å². The zero-order chi connectivity index (χ0) is 26.5. The fourth-order valence-electron chi connectivity index (χ4n) is 5.54. The van der Waals surface area contributed by atoms with Gasteiger partial charge in [0, 0.05) is 35.5 Å². The molecule has 5 aromatic carbocycles. The van der Waals surface area contributed by atoms with Crippen molar-refractivity contribution in [3.05, 3.63) is 140 Å². The molecular formula is C34H25N5O. The summed E-state index contributed by atoms with van der Waals surface area (Å²) in [7, 11) is 0. The summed E-state index contributed by atoms with van der Waals surface area (Å²) >= 11 is 0. The van der Waals surface area contributed by atoms with E-state index < -0.39 is 0 Å². The summed E-state index contributed by atoms with van der Waals surface area (Å²) in [4.78, 5) is 9.57. The predicted molar refractivity (Wildman–Crippen MR) is 161 cm³/mol. The lowest BCUT2D eigenvalue weighted by molar-refractivity contribution is 0.487. The van der Waals surface area contributed by atoms with Gasteiger partial charge in [-0.1, -0.05) is 60.7 Å². The van der Waals surface area contributed by atoms with E-state index >= 15 is 0 Å². The smallest absolute Gasteiger partial charge is 0.220 e. The second-order valence-electron chi connectivity index (χ2n) is 9.84. The van der Waals surface area contributed by atoms with Crippen LogP contribution in [0.3, 0.4) is 0 Å². The highest BCUT2D eigenvalue weighted by Crippen LogP contribution is 2.35. The van der Waals surface area contributed by atoms with Crippen LogP contribution in [-0.4, -0.2) is 20.6 Å². The Morgan fingerprint density at radius 2 is 1.18 bits per heavy atom. The van der Waals surface area contributed by atoms with Crippen molar-refractivity contribution in [2.75, 3.05) is 16.5 Å². The van der Waals surface area contributed by atoms with Gasteiger partial charge in [-0.15, -0.1) is 0 Å². The minimum Gasteiger partial charge on any atom is -0.455 e. The van der Waals surface area contributed by atoms with Gasteiger partial charge in [-0.2, -0.15) is 0 Å². The zero-order valence-electron chi connectivity index (χ0n) is 21.6. The number of hydrogen-bond donors (Lipinski definition) is 0. The molecule has 8 rings (SSSR count). The Hall–Kier alpha value is -5.49. The van der Waals surface area contributed by atoms with Crippen molar-refractivity contribution >= 4 is 39.2 Å². The van der Waals surface area contributed by atoms with Crippen molar-refractivity contribution in [1.82, 2.24) is 14.0 Å². The quantitative estimate of drug-likeness (QED) is 0.231. The summed E-state index contributed by atoms with van der Waals surface area (Å²) in [5, 5.41) is 0. The number of benzene rings is 5. The number of ether oxygens (including phenoxy) is 1. The monoisotopic (exact) mass is 519 g/mol. The summed E-state index contributed by atoms with van der Waals surface area (Å²) in [6, 6.07) is 43.5. The van der Waals surface area contributed by atoms with Crippen LogP contribution in [0.2, 0.25) is 0 Å². The molecule has 0 radical (unpaired) electrons. The second kappa shape index (κ2) is 9.06. The first kappa shape index (κ1) is 22.5. The maximum absolute atomic E-state index is 6.51. The van der Waals surface area contributed by atoms with Crippen molar-refractivity contribution in [1.29, 1.82) is 0 Å². The number of imidazole rings is 2. The lowest BCUT2D eigenvalue weighted by atomic mass is 10.2. The summed E-state index contributed by atoms with van der Waals surface area (Å²) in [6.07, 6.45) is 4.20. The molecule has 0 unspecified atom stereocenters. The van der Waals surface area contributed by atoms with Crippen LogP contribution in [-0.2, 0) is 0 Å². The number of para-hydroxylation sites is 5. The Balaban J connectivity index is 1.17. The molecule has 2 aromatic heterocycles. The van der Waals surface area contributed by atoms with E-state index in [9.17, 15) is 0 Å². The number of aromatic nitrogens is 3. The maximum Gasteiger partial charge on any atom is 0.220 e. The van der Waals surface area contributed by atoms with Gasteiger partial charge in [0.2, 0.25) is 5.78 Å². The van der Waals surface area contributed by atoms with Crippen molar-refractivity contribution in [3.8, 4) is 17.2 Å². The molecule has 0 aliphatic carbocycles. The molecule has 0 amide bonds. The third-order valence-electron chi connectivity index (χ3n) is 7.40. The van der Waals surface area contributed by atoms with Crippen LogP contribution in [0.1, 0.15) is 0 Å². The van der Waals surface area contributed by atoms with Gasteiger partial charge in [0.1, 0.15) is 11.3 Å². The van der Waals surface area contributed by atoms with Crippen LogP contribution >= 0.6 is 0 Å². The first-order valence-corrected chi connectivity index (χ1v) is 13.3. The normalized spacial score (nSPS) is 13.2. The predicted octanol–water partition coefficient (Wildman–Crippen LogP) is 7.98. The molecule has 3 heterocycles. The SMILES string of the molecule is C1=CN(c2cccc(Oc3cccc4c3nc3n(-c5ccccc5)c5ccccc5n43)c2)CN1c1ccccc1. The Morgan fingerprint density at radius 3 is 1.98 bits per heavy atom. The lowest BCUT2D eigenvalue weighted by Crippen LogP contribution is -2.24. The van der Waals surface area contributed by atoms with Gasteiger partial charge in [-0.3, -0.25) is 8.97 Å². The van der Waals surface area contributed by atoms with E-state index in [1.807, 2.05) is 36.4 Å². The first-order valence-electron chi connectivity index (χ1n) is 13.3. The molecule has 0 saturated carbocycles. The number of rotatable bonds is 5. The topological polar surface area (TPSA) is 37.9 Å². The third-order valence-corrected chi connectivity index (χ3v) is 7.40. The fraction of sp³-hybridized carbons (Fsp3) is 0.0294. The summed E-state index contributed by atoms with van der Waals surface area (Å²) in [6.45, 7) is 0.742. The minimum atomic E-state index is 0.727. The Kier molecular flexibility index (Phi) is 5.10. The molecule has 0 atom stereocenters. The lowest BCUT2D eigenvalue weighted by Gasteiger charge is -2.21. The van der Waals surface area contributed by atoms with Crippen molar-refractivity contribution in [2.45, 2.75) is 0 Å². The molecule has 0 bridgehead atoms. The number of anilines is 2. The number of fused-ring (bicyclic) bond motifs is 5. The largest absolute Gasteiger partial charge is 0.455 e. The first-order chi connectivity index (χ1) is 19.8. The van der Waals surface area contributed by atoms with Crippen molar-refractivity contribution in [3.63, 3.8) is 0 Å². The van der Waals surface area contributed by atoms with E-state index in [0.717, 1.165) is 57.4 Å². The molecule has 40 heavy (non-hydrogen) atoms. The average molecular weight is 520 g/mol. The summed E-state index contributed by atoms with van der Waals surface area (Å²) < 4.78 is 10.9. The van der Waals surface area contributed by atoms with E-state index in [-0.39, 0.29) is 0 Å². The van der Waals surface area contributed by atoms with Gasteiger partial charge < -0.3 is 14.5 Å². The molecule has 7 aromatic rings. The highest BCUT2D eigenvalue weighted by Gasteiger charge is 2.20. The molecule has 1 aliphatic rings. The van der Waals surface area contributed by atoms with Crippen LogP contribution in [0.4, 0.5) is 11.4 Å². The van der Waals surface area contributed by atoms with Crippen LogP contribution in [0, 0.1) is 0 Å². The third kappa shape index (κ3) is 3.61. The van der Waals surface area contributed by atoms with E-state index in [1.165, 1.54) is 5.69 Å². The maximum atomic E-state index is 6.51. The van der Waals surface area contributed by atoms with Crippen molar-refractivity contribution < 1.29 is 4.74 Å². The van der Waals surface area contributed by atoms with Gasteiger partial charge in [-0.05, 0) is 60.7 Å². The highest BCUT2D eigenvalue weighted by molar-refractivity contribution is 5.94. The molecule has 192 valence electrons. The molecule has 0 fully saturated rings. The summed E-state index contributed by atoms with van der Waals surface area (Å²) in [5.41, 5.74) is 7.36. The van der Waals surface area contributed by atoms with Crippen LogP contribution in [0.25, 0.3) is 33.5 Å². The molecule has 6 nitrogen and oxygen atoms in total. The number of nitrogens with zero attached hydrogens (tertiary/aromatic N) is 5. The van der Waals surface area contributed by atoms with Crippen LogP contribution in [0.5, 0.6) is 11.5 Å². The van der Waals surface area contributed by atoms with Gasteiger partial charge in [-0.25, -0.2) is 4.98 Å². The Morgan fingerprint density at radius 1 is 0.550 bits per heavy atom. The average Bonchev–Trinajstić information content (AvgIpc) is 3.73. The highest BCUT2D eigenvalue weighted by atomic mass is 16.5. The van der Waals surface area contributed by atoms with E-state index in [1.54, 1.807) is 0 Å². The Bertz CT molecular complexity index is 2020. The standard InChI is InChI=1S/C34H25N5O/c1-3-11-25(12-4-1)36-21-22-37(24-36)27-15-9-16-28(23-27)40-32-20-10-19-31-33(32)35-34-38(26-13-5-2-6-14-26)29-17-7-8-18-30(29)39(31)34/h1-23H,24H2. The molecule has 0 N–H and O–H groups in total. The Labute approximate surface area is 231 Å². The molecule has 1 aliphatic heterocycles. The van der Waals surface area contributed by atoms with E-state index in [0.29, 0.717) is 0 Å². The van der Waals surface area contributed by atoms with Gasteiger partial charge >= 0.3 is 0 Å². The molecular weight excluding hydrogens is 494 g/mol. The van der Waals surface area contributed by atoms with Gasteiger partial charge in [0.05, 0.1) is 23.2 Å². The van der Waals surface area contributed by atoms with Crippen LogP contribution < -0.4 is 14.5 Å². The second-order valence-corrected chi connectivity index (χ2v) is 9.84. The van der Waals surface area contributed by atoms with Gasteiger partial charge in [0.25, 0.3) is 0 Å². The number of hydrogen-bond acceptors (Lipinski definition) is 4. The fourth-order valence-corrected chi connectivity index (χ4v) is 5.54. The zero-order valence-corrected chi connectivity index (χ0v) is 21.6. The molecule has 0 saturated heterocycles. The van der Waals surface area contributed by atoms with Gasteiger partial charge in [0.15, 0.2) is 5.75 Å². The minimum absolute atomic E-state index is 0.727. The molecule has 0 spiro atoms. The van der Waals surface area contributed by atoms with Crippen molar-refractivity contribution in [2.24, 2.45) is 0 Å².